The van der Waals surface area contributed by atoms with Gasteiger partial charge >= 0.3 is 6.04 Å². The first-order valence-corrected chi connectivity index (χ1v) is 6.66. The molecule has 2 atom stereocenters. The summed E-state index contributed by atoms with van der Waals surface area (Å²) >= 11 is 0. The van der Waals surface area contributed by atoms with Crippen molar-refractivity contribution in [3.05, 3.63) is 35.9 Å². The number of carbonyl (C=O) groups is 2. The summed E-state index contributed by atoms with van der Waals surface area (Å²) in [7, 11) is 1.70. The van der Waals surface area contributed by atoms with Gasteiger partial charge in [-0.25, -0.2) is 0 Å². The number of rotatable bonds is 7. The Kier molecular flexibility index (Phi) is 6.31. The van der Waals surface area contributed by atoms with Gasteiger partial charge in [0.15, 0.2) is 0 Å². The van der Waals surface area contributed by atoms with Gasteiger partial charge in [0, 0.05) is 6.42 Å². The fourth-order valence-corrected chi connectivity index (χ4v) is 2.00. The molecule has 0 spiro atoms. The maximum absolute atomic E-state index is 12.9. The van der Waals surface area contributed by atoms with E-state index in [9.17, 15) is 14.0 Å². The highest BCUT2D eigenvalue weighted by Crippen LogP contribution is 2.13. The molecule has 1 rings (SSSR count). The van der Waals surface area contributed by atoms with Crippen LogP contribution in [0.15, 0.2) is 30.3 Å². The zero-order chi connectivity index (χ0) is 15.1. The molecule has 0 aliphatic heterocycles. The zero-order valence-corrected chi connectivity index (χ0v) is 12.0. The van der Waals surface area contributed by atoms with E-state index in [2.05, 4.69) is 10.6 Å². The summed E-state index contributed by atoms with van der Waals surface area (Å²) in [5, 5.41) is 5.62. The van der Waals surface area contributed by atoms with E-state index < -0.39 is 17.9 Å². The predicted molar refractivity (Wildman–Crippen MR) is 75.6 cm³/mol. The second-order valence-electron chi connectivity index (χ2n) is 5.07. The third-order valence-electron chi connectivity index (χ3n) is 3.14. The summed E-state index contributed by atoms with van der Waals surface area (Å²) in [6.07, 6.45) is 0.222. The van der Waals surface area contributed by atoms with Crippen molar-refractivity contribution in [3.8, 4) is 0 Å². The number of amides is 1. The lowest BCUT2D eigenvalue weighted by molar-refractivity contribution is -0.143. The largest absolute Gasteiger partial charge is 0.340 e. The van der Waals surface area contributed by atoms with E-state index >= 15 is 0 Å². The van der Waals surface area contributed by atoms with Gasteiger partial charge in [-0.2, -0.15) is 4.39 Å². The lowest BCUT2D eigenvalue weighted by atomic mass is 9.95. The van der Waals surface area contributed by atoms with Crippen LogP contribution in [0.1, 0.15) is 19.4 Å². The second-order valence-corrected chi connectivity index (χ2v) is 5.07. The number of nitrogens with one attached hydrogen (secondary N) is 2. The molecule has 2 unspecified atom stereocenters. The topological polar surface area (TPSA) is 58.2 Å². The quantitative estimate of drug-likeness (QED) is 0.454. The summed E-state index contributed by atoms with van der Waals surface area (Å²) in [5.41, 5.74) is 1.04. The highest BCUT2D eigenvalue weighted by molar-refractivity contribution is 5.97. The zero-order valence-electron chi connectivity index (χ0n) is 12.0. The summed E-state index contributed by atoms with van der Waals surface area (Å²) < 4.78 is 12.9. The molecule has 0 fully saturated rings. The maximum atomic E-state index is 12.9. The Balaban J connectivity index is 2.68. The van der Waals surface area contributed by atoms with Crippen LogP contribution in [-0.2, 0) is 16.0 Å². The van der Waals surface area contributed by atoms with E-state index in [4.69, 9.17) is 0 Å². The molecule has 0 radical (unpaired) electrons. The van der Waals surface area contributed by atoms with Gasteiger partial charge in [-0.3, -0.25) is 9.59 Å². The monoisotopic (exact) mass is 280 g/mol. The first-order valence-electron chi connectivity index (χ1n) is 6.66. The van der Waals surface area contributed by atoms with E-state index in [1.807, 2.05) is 30.3 Å². The lowest BCUT2D eigenvalue weighted by Gasteiger charge is -2.22. The van der Waals surface area contributed by atoms with Crippen LogP contribution in [0.2, 0.25) is 0 Å². The molecular formula is C15H21FN2O2. The molecule has 0 saturated heterocycles. The van der Waals surface area contributed by atoms with Gasteiger partial charge < -0.3 is 10.6 Å². The molecular weight excluding hydrogens is 259 g/mol. The van der Waals surface area contributed by atoms with Crippen molar-refractivity contribution in [2.75, 3.05) is 7.05 Å². The molecule has 1 aromatic rings. The van der Waals surface area contributed by atoms with Crippen LogP contribution in [0.5, 0.6) is 0 Å². The van der Waals surface area contributed by atoms with E-state index in [0.29, 0.717) is 6.42 Å². The summed E-state index contributed by atoms with van der Waals surface area (Å²) in [6, 6.07) is 8.02. The van der Waals surface area contributed by atoms with E-state index in [0.717, 1.165) is 5.56 Å². The fourth-order valence-electron chi connectivity index (χ4n) is 2.00. The van der Waals surface area contributed by atoms with Crippen molar-refractivity contribution in [2.45, 2.75) is 26.4 Å². The van der Waals surface area contributed by atoms with Gasteiger partial charge in [0.1, 0.15) is 5.92 Å². The Bertz CT molecular complexity index is 448. The molecule has 1 aromatic carbocycles. The van der Waals surface area contributed by atoms with Crippen molar-refractivity contribution in [2.24, 2.45) is 11.8 Å². The minimum atomic E-state index is -1.59. The highest BCUT2D eigenvalue weighted by atomic mass is 19.1. The second kappa shape index (κ2) is 7.75. The van der Waals surface area contributed by atoms with E-state index in [-0.39, 0.29) is 12.1 Å². The molecule has 0 aliphatic carbocycles. The molecule has 0 aromatic heterocycles. The van der Waals surface area contributed by atoms with Gasteiger partial charge in [0.2, 0.25) is 5.91 Å². The molecule has 5 heteroatoms. The first kappa shape index (κ1) is 16.3. The Morgan fingerprint density at radius 2 is 1.80 bits per heavy atom. The number of carbonyl (C=O) groups excluding carboxylic acids is 2. The third-order valence-corrected chi connectivity index (χ3v) is 3.14. The van der Waals surface area contributed by atoms with Gasteiger partial charge in [-0.05, 0) is 18.5 Å². The fraction of sp³-hybridized carbons (Fsp3) is 0.467. The van der Waals surface area contributed by atoms with Crippen LogP contribution in [0, 0.1) is 11.8 Å². The lowest BCUT2D eigenvalue weighted by Crippen LogP contribution is -2.49. The Hall–Kier alpha value is -1.75. The standard InChI is InChI=1S/C15H21FN2O2/c1-10(2)13(14(16)19)15(20)18-12(17-3)9-11-7-5-4-6-8-11/h4-8,10,12-13,17H,9H2,1-3H3,(H,18,20). The average Bonchev–Trinajstić information content (AvgIpc) is 2.38. The number of likely N-dealkylation sites (N-methyl/N-ethyl adjacent to an activating group) is 1. The molecule has 0 bridgehead atoms. The summed E-state index contributed by atoms with van der Waals surface area (Å²) in [6.45, 7) is 3.29. The van der Waals surface area contributed by atoms with Crippen molar-refractivity contribution in [3.63, 3.8) is 0 Å². The maximum Gasteiger partial charge on any atom is 0.314 e. The number of hydrogen-bond donors (Lipinski definition) is 2. The van der Waals surface area contributed by atoms with Crippen molar-refractivity contribution in [1.29, 1.82) is 0 Å². The molecule has 0 saturated carbocycles. The van der Waals surface area contributed by atoms with Crippen LogP contribution in [0.4, 0.5) is 4.39 Å². The molecule has 2 N–H and O–H groups in total. The van der Waals surface area contributed by atoms with Crippen molar-refractivity contribution >= 4 is 11.9 Å². The summed E-state index contributed by atoms with van der Waals surface area (Å²) in [5.74, 6) is -2.20. The average molecular weight is 280 g/mol. The molecule has 1 amide bonds. The van der Waals surface area contributed by atoms with Gasteiger partial charge in [-0.1, -0.05) is 44.2 Å². The van der Waals surface area contributed by atoms with Crippen LogP contribution in [-0.4, -0.2) is 25.2 Å². The molecule has 4 nitrogen and oxygen atoms in total. The van der Waals surface area contributed by atoms with E-state index in [1.54, 1.807) is 20.9 Å². The van der Waals surface area contributed by atoms with Gasteiger partial charge in [0.25, 0.3) is 0 Å². The number of benzene rings is 1. The smallest absolute Gasteiger partial charge is 0.314 e. The van der Waals surface area contributed by atoms with Gasteiger partial charge in [-0.15, -0.1) is 0 Å². The predicted octanol–water partition coefficient (Wildman–Crippen LogP) is 1.66. The Morgan fingerprint density at radius 1 is 1.20 bits per heavy atom. The number of hydrogen-bond acceptors (Lipinski definition) is 3. The minimum Gasteiger partial charge on any atom is -0.340 e. The molecule has 0 heterocycles. The van der Waals surface area contributed by atoms with Crippen LogP contribution in [0.3, 0.4) is 0 Å². The van der Waals surface area contributed by atoms with Crippen LogP contribution >= 0.6 is 0 Å². The minimum absolute atomic E-state index is 0.342. The molecule has 20 heavy (non-hydrogen) atoms. The van der Waals surface area contributed by atoms with E-state index in [1.165, 1.54) is 0 Å². The third kappa shape index (κ3) is 4.74. The number of halogens is 1. The van der Waals surface area contributed by atoms with Crippen LogP contribution < -0.4 is 10.6 Å². The van der Waals surface area contributed by atoms with Crippen molar-refractivity contribution < 1.29 is 14.0 Å². The highest BCUT2D eigenvalue weighted by Gasteiger charge is 2.31. The van der Waals surface area contributed by atoms with Crippen LogP contribution in [0.25, 0.3) is 0 Å². The Morgan fingerprint density at radius 3 is 2.25 bits per heavy atom. The Labute approximate surface area is 118 Å². The van der Waals surface area contributed by atoms with Crippen molar-refractivity contribution in [1.82, 2.24) is 10.6 Å². The first-order chi connectivity index (χ1) is 9.45. The normalized spacial score (nSPS) is 13.8. The molecule has 0 aliphatic rings. The molecule has 110 valence electrons. The summed E-state index contributed by atoms with van der Waals surface area (Å²) in [4.78, 5) is 22.9. The SMILES string of the molecule is CNC(Cc1ccccc1)NC(=O)C(C(=O)F)C(C)C. The van der Waals surface area contributed by atoms with Gasteiger partial charge in [0.05, 0.1) is 6.17 Å².